The minimum Gasteiger partial charge on any atom is -0.497 e. The lowest BCUT2D eigenvalue weighted by atomic mass is 10.0. The minimum atomic E-state index is 0.0579. The van der Waals surface area contributed by atoms with Gasteiger partial charge >= 0.3 is 0 Å². The van der Waals surface area contributed by atoms with E-state index in [1.807, 2.05) is 28.0 Å². The maximum absolute atomic E-state index is 12.5. The molecule has 3 rings (SSSR count). The summed E-state index contributed by atoms with van der Waals surface area (Å²) in [6.07, 6.45) is 0. The summed E-state index contributed by atoms with van der Waals surface area (Å²) in [7, 11) is 1.60. The van der Waals surface area contributed by atoms with Crippen LogP contribution in [0.5, 0.6) is 5.75 Å². The molecule has 0 spiro atoms. The van der Waals surface area contributed by atoms with Gasteiger partial charge in [0.2, 0.25) is 5.91 Å². The fraction of sp³-hybridized carbons (Fsp3) is 0.529. The lowest BCUT2D eigenvalue weighted by Gasteiger charge is -2.48. The molecule has 2 heterocycles. The van der Waals surface area contributed by atoms with Gasteiger partial charge in [-0.3, -0.25) is 14.5 Å². The van der Waals surface area contributed by atoms with E-state index in [2.05, 4.69) is 4.90 Å². The summed E-state index contributed by atoms with van der Waals surface area (Å²) < 4.78 is 5.17. The molecule has 1 aromatic rings. The van der Waals surface area contributed by atoms with Crippen molar-refractivity contribution in [1.82, 2.24) is 14.7 Å². The quantitative estimate of drug-likeness (QED) is 0.823. The molecule has 124 valence electrons. The summed E-state index contributed by atoms with van der Waals surface area (Å²) in [5.41, 5.74) is 0.671. The van der Waals surface area contributed by atoms with Gasteiger partial charge in [-0.15, -0.1) is 0 Å². The number of ether oxygens (including phenoxy) is 1. The fourth-order valence-corrected chi connectivity index (χ4v) is 3.19. The highest BCUT2D eigenvalue weighted by Gasteiger charge is 2.36. The lowest BCUT2D eigenvalue weighted by Crippen LogP contribution is -2.64. The van der Waals surface area contributed by atoms with Crippen molar-refractivity contribution >= 4 is 11.8 Å². The summed E-state index contributed by atoms with van der Waals surface area (Å²) >= 11 is 0. The summed E-state index contributed by atoms with van der Waals surface area (Å²) in [5, 5.41) is 0. The van der Waals surface area contributed by atoms with E-state index in [1.54, 1.807) is 20.1 Å². The molecule has 2 aliphatic rings. The average molecular weight is 317 g/mol. The third kappa shape index (κ3) is 3.32. The van der Waals surface area contributed by atoms with Gasteiger partial charge in [0.15, 0.2) is 0 Å². The first-order chi connectivity index (χ1) is 11.1. The molecule has 2 amide bonds. The SMILES string of the molecule is COc1cccc(C(=O)N2CC(N3CCN(C(C)=O)CC3)C2)c1. The molecule has 0 radical (unpaired) electrons. The molecule has 23 heavy (non-hydrogen) atoms. The van der Waals surface area contributed by atoms with Gasteiger partial charge in [0.25, 0.3) is 5.91 Å². The highest BCUT2D eigenvalue weighted by atomic mass is 16.5. The van der Waals surface area contributed by atoms with Crippen molar-refractivity contribution in [2.45, 2.75) is 13.0 Å². The highest BCUT2D eigenvalue weighted by Crippen LogP contribution is 2.21. The Hall–Kier alpha value is -2.08. The first kappa shape index (κ1) is 15.8. The van der Waals surface area contributed by atoms with Crippen LogP contribution in [0, 0.1) is 0 Å². The minimum absolute atomic E-state index is 0.0579. The van der Waals surface area contributed by atoms with Crippen LogP contribution < -0.4 is 4.74 Å². The second-order valence-corrected chi connectivity index (χ2v) is 6.14. The Morgan fingerprint density at radius 2 is 1.78 bits per heavy atom. The van der Waals surface area contributed by atoms with Crippen LogP contribution in [0.3, 0.4) is 0 Å². The molecule has 2 aliphatic heterocycles. The summed E-state index contributed by atoms with van der Waals surface area (Å²) in [5.74, 6) is 0.906. The largest absolute Gasteiger partial charge is 0.497 e. The third-order valence-electron chi connectivity index (χ3n) is 4.74. The Morgan fingerprint density at radius 3 is 2.39 bits per heavy atom. The number of rotatable bonds is 3. The zero-order valence-electron chi connectivity index (χ0n) is 13.7. The number of hydrogen-bond acceptors (Lipinski definition) is 4. The number of amides is 2. The highest BCUT2D eigenvalue weighted by molar-refractivity contribution is 5.95. The van der Waals surface area contributed by atoms with Gasteiger partial charge in [0.1, 0.15) is 5.75 Å². The summed E-state index contributed by atoms with van der Waals surface area (Å²) in [4.78, 5) is 30.0. The Balaban J connectivity index is 1.51. The maximum atomic E-state index is 12.5. The van der Waals surface area contributed by atoms with Crippen molar-refractivity contribution in [1.29, 1.82) is 0 Å². The zero-order chi connectivity index (χ0) is 16.4. The molecule has 6 heteroatoms. The zero-order valence-corrected chi connectivity index (χ0v) is 13.7. The standard InChI is InChI=1S/C17H23N3O3/c1-13(21)18-6-8-19(9-7-18)15-11-20(12-15)17(22)14-4-3-5-16(10-14)23-2/h3-5,10,15H,6-9,11-12H2,1-2H3. The fourth-order valence-electron chi connectivity index (χ4n) is 3.19. The van der Waals surface area contributed by atoms with Crippen LogP contribution in [0.1, 0.15) is 17.3 Å². The van der Waals surface area contributed by atoms with Crippen molar-refractivity contribution in [3.63, 3.8) is 0 Å². The summed E-state index contributed by atoms with van der Waals surface area (Å²) in [6, 6.07) is 7.69. The maximum Gasteiger partial charge on any atom is 0.254 e. The third-order valence-corrected chi connectivity index (χ3v) is 4.74. The number of nitrogens with zero attached hydrogens (tertiary/aromatic N) is 3. The predicted octanol–water partition coefficient (Wildman–Crippen LogP) is 0.684. The molecule has 0 unspecified atom stereocenters. The van der Waals surface area contributed by atoms with E-state index in [4.69, 9.17) is 4.74 Å². The molecule has 0 bridgehead atoms. The van der Waals surface area contributed by atoms with Crippen molar-refractivity contribution < 1.29 is 14.3 Å². The molecule has 0 atom stereocenters. The number of benzene rings is 1. The van der Waals surface area contributed by atoms with E-state index in [9.17, 15) is 9.59 Å². The summed E-state index contributed by atoms with van der Waals surface area (Å²) in [6.45, 7) is 6.50. The van der Waals surface area contributed by atoms with E-state index in [-0.39, 0.29) is 11.8 Å². The molecule has 1 aromatic carbocycles. The predicted molar refractivity (Wildman–Crippen MR) is 86.5 cm³/mol. The van der Waals surface area contributed by atoms with Crippen LogP contribution in [0.2, 0.25) is 0 Å². The number of methoxy groups -OCH3 is 1. The van der Waals surface area contributed by atoms with Gasteiger partial charge in [0, 0.05) is 57.8 Å². The molecule has 6 nitrogen and oxygen atoms in total. The lowest BCUT2D eigenvalue weighted by molar-refractivity contribution is -0.131. The van der Waals surface area contributed by atoms with E-state index in [0.717, 1.165) is 39.3 Å². The number of carbonyl (C=O) groups is 2. The Bertz CT molecular complexity index is 591. The van der Waals surface area contributed by atoms with Crippen molar-refractivity contribution in [3.8, 4) is 5.75 Å². The van der Waals surface area contributed by atoms with Crippen LogP contribution in [0.15, 0.2) is 24.3 Å². The van der Waals surface area contributed by atoms with Crippen LogP contribution in [0.4, 0.5) is 0 Å². The van der Waals surface area contributed by atoms with Gasteiger partial charge in [-0.1, -0.05) is 6.07 Å². The molecule has 0 saturated carbocycles. The monoisotopic (exact) mass is 317 g/mol. The molecular formula is C17H23N3O3. The van der Waals surface area contributed by atoms with Crippen LogP contribution in [0.25, 0.3) is 0 Å². The van der Waals surface area contributed by atoms with Crippen molar-refractivity contribution in [2.75, 3.05) is 46.4 Å². The second-order valence-electron chi connectivity index (χ2n) is 6.14. The average Bonchev–Trinajstić information content (AvgIpc) is 2.54. The molecule has 0 aliphatic carbocycles. The molecule has 0 N–H and O–H groups in total. The second kappa shape index (κ2) is 6.58. The molecule has 2 fully saturated rings. The number of likely N-dealkylation sites (tertiary alicyclic amines) is 1. The Kier molecular flexibility index (Phi) is 4.52. The normalized spacial score (nSPS) is 19.4. The van der Waals surface area contributed by atoms with Crippen LogP contribution >= 0.6 is 0 Å². The van der Waals surface area contributed by atoms with E-state index >= 15 is 0 Å². The van der Waals surface area contributed by atoms with E-state index in [0.29, 0.717) is 17.4 Å². The number of carbonyl (C=O) groups excluding carboxylic acids is 2. The van der Waals surface area contributed by atoms with Gasteiger partial charge in [-0.05, 0) is 18.2 Å². The van der Waals surface area contributed by atoms with Crippen LogP contribution in [-0.4, -0.2) is 78.9 Å². The number of piperazine rings is 1. The van der Waals surface area contributed by atoms with Crippen LogP contribution in [-0.2, 0) is 4.79 Å². The van der Waals surface area contributed by atoms with Crippen molar-refractivity contribution in [2.24, 2.45) is 0 Å². The van der Waals surface area contributed by atoms with Crippen molar-refractivity contribution in [3.05, 3.63) is 29.8 Å². The topological polar surface area (TPSA) is 53.1 Å². The van der Waals surface area contributed by atoms with E-state index in [1.165, 1.54) is 0 Å². The van der Waals surface area contributed by atoms with Gasteiger partial charge in [0.05, 0.1) is 7.11 Å². The Morgan fingerprint density at radius 1 is 1.09 bits per heavy atom. The van der Waals surface area contributed by atoms with Gasteiger partial charge in [-0.2, -0.15) is 0 Å². The molecule has 0 aromatic heterocycles. The molecular weight excluding hydrogens is 294 g/mol. The molecule has 2 saturated heterocycles. The Labute approximate surface area is 136 Å². The van der Waals surface area contributed by atoms with E-state index < -0.39 is 0 Å². The first-order valence-electron chi connectivity index (χ1n) is 8.01. The smallest absolute Gasteiger partial charge is 0.254 e. The number of hydrogen-bond donors (Lipinski definition) is 0. The first-order valence-corrected chi connectivity index (χ1v) is 8.01. The van der Waals surface area contributed by atoms with Gasteiger partial charge in [-0.25, -0.2) is 0 Å². The van der Waals surface area contributed by atoms with Gasteiger partial charge < -0.3 is 14.5 Å².